The minimum atomic E-state index is 0.474. The van der Waals surface area contributed by atoms with Crippen LogP contribution in [0, 0.1) is 0 Å². The molecule has 1 heteroatoms. The maximum absolute atomic E-state index is 5.81. The van der Waals surface area contributed by atoms with Crippen molar-refractivity contribution in [3.63, 3.8) is 0 Å². The second-order valence-electron chi connectivity index (χ2n) is 5.24. The van der Waals surface area contributed by atoms with Crippen molar-refractivity contribution >= 4 is 10.8 Å². The summed E-state index contributed by atoms with van der Waals surface area (Å²) in [6.45, 7) is 4.46. The molecule has 88 valence electrons. The van der Waals surface area contributed by atoms with Gasteiger partial charge in [-0.15, -0.1) is 0 Å². The van der Waals surface area contributed by atoms with Crippen LogP contribution in [0.4, 0.5) is 0 Å². The van der Waals surface area contributed by atoms with Crippen LogP contribution < -0.4 is 4.74 Å². The molecule has 3 rings (SSSR count). The summed E-state index contributed by atoms with van der Waals surface area (Å²) < 4.78 is 5.81. The van der Waals surface area contributed by atoms with Gasteiger partial charge >= 0.3 is 0 Å². The highest BCUT2D eigenvalue weighted by Crippen LogP contribution is 2.30. The normalized spacial score (nSPS) is 15.5. The first-order valence-electron chi connectivity index (χ1n) is 6.43. The zero-order valence-corrected chi connectivity index (χ0v) is 10.4. The third kappa shape index (κ3) is 2.28. The van der Waals surface area contributed by atoms with Gasteiger partial charge in [0.05, 0.1) is 6.10 Å². The lowest BCUT2D eigenvalue weighted by atomic mass is 9.99. The fraction of sp³-hybridized carbons (Fsp3) is 0.375. The summed E-state index contributed by atoms with van der Waals surface area (Å²) >= 11 is 0. The van der Waals surface area contributed by atoms with Crippen molar-refractivity contribution in [2.45, 2.75) is 38.7 Å². The Bertz CT molecular complexity index is 538. The van der Waals surface area contributed by atoms with E-state index >= 15 is 0 Å². The SMILES string of the molecule is CC(C)c1ccc2cc(OC3CC3)ccc2c1. The van der Waals surface area contributed by atoms with Gasteiger partial charge in [-0.05, 0) is 47.2 Å². The molecule has 2 aromatic rings. The van der Waals surface area contributed by atoms with Crippen molar-refractivity contribution in [2.75, 3.05) is 0 Å². The fourth-order valence-corrected chi connectivity index (χ4v) is 2.05. The monoisotopic (exact) mass is 226 g/mol. The molecule has 1 saturated carbocycles. The largest absolute Gasteiger partial charge is 0.490 e. The van der Waals surface area contributed by atoms with E-state index < -0.39 is 0 Å². The van der Waals surface area contributed by atoms with Gasteiger partial charge in [-0.3, -0.25) is 0 Å². The number of rotatable bonds is 3. The van der Waals surface area contributed by atoms with Gasteiger partial charge in [-0.1, -0.05) is 38.1 Å². The molecule has 0 bridgehead atoms. The van der Waals surface area contributed by atoms with Crippen LogP contribution >= 0.6 is 0 Å². The minimum absolute atomic E-state index is 0.474. The number of ether oxygens (including phenoxy) is 1. The van der Waals surface area contributed by atoms with Crippen molar-refractivity contribution < 1.29 is 4.74 Å². The predicted octanol–water partition coefficient (Wildman–Crippen LogP) is 4.50. The van der Waals surface area contributed by atoms with E-state index in [2.05, 4.69) is 50.2 Å². The highest BCUT2D eigenvalue weighted by Gasteiger charge is 2.23. The average molecular weight is 226 g/mol. The minimum Gasteiger partial charge on any atom is -0.490 e. The number of hydrogen-bond donors (Lipinski definition) is 0. The van der Waals surface area contributed by atoms with Crippen LogP contribution in [0.3, 0.4) is 0 Å². The van der Waals surface area contributed by atoms with E-state index in [-0.39, 0.29) is 0 Å². The van der Waals surface area contributed by atoms with Gasteiger partial charge < -0.3 is 4.74 Å². The Morgan fingerprint density at radius 3 is 2.41 bits per heavy atom. The molecule has 0 aromatic heterocycles. The molecule has 1 aliphatic carbocycles. The van der Waals surface area contributed by atoms with Gasteiger partial charge in [0.15, 0.2) is 0 Å². The fourth-order valence-electron chi connectivity index (χ4n) is 2.05. The van der Waals surface area contributed by atoms with Crippen LogP contribution in [0.1, 0.15) is 38.2 Å². The zero-order chi connectivity index (χ0) is 11.8. The Kier molecular flexibility index (Phi) is 2.54. The van der Waals surface area contributed by atoms with Crippen LogP contribution in [0.15, 0.2) is 36.4 Å². The van der Waals surface area contributed by atoms with E-state index in [0.717, 1.165) is 5.75 Å². The van der Waals surface area contributed by atoms with E-state index in [9.17, 15) is 0 Å². The van der Waals surface area contributed by atoms with Crippen LogP contribution in [0.5, 0.6) is 5.75 Å². The molecule has 0 radical (unpaired) electrons. The predicted molar refractivity (Wildman–Crippen MR) is 71.7 cm³/mol. The summed E-state index contributed by atoms with van der Waals surface area (Å²) in [4.78, 5) is 0. The van der Waals surface area contributed by atoms with E-state index in [1.165, 1.54) is 29.2 Å². The summed E-state index contributed by atoms with van der Waals surface area (Å²) in [5.74, 6) is 1.60. The number of benzene rings is 2. The lowest BCUT2D eigenvalue weighted by Gasteiger charge is -2.09. The molecule has 0 unspecified atom stereocenters. The molecule has 17 heavy (non-hydrogen) atoms. The molecular weight excluding hydrogens is 208 g/mol. The van der Waals surface area contributed by atoms with Crippen molar-refractivity contribution in [1.82, 2.24) is 0 Å². The van der Waals surface area contributed by atoms with Crippen molar-refractivity contribution in [3.8, 4) is 5.75 Å². The Labute approximate surface area is 102 Å². The molecule has 0 atom stereocenters. The molecular formula is C16H18O. The average Bonchev–Trinajstić information content (AvgIpc) is 3.12. The quantitative estimate of drug-likeness (QED) is 0.748. The first kappa shape index (κ1) is 10.6. The van der Waals surface area contributed by atoms with Gasteiger partial charge in [0.1, 0.15) is 5.75 Å². The van der Waals surface area contributed by atoms with Gasteiger partial charge in [-0.2, -0.15) is 0 Å². The summed E-state index contributed by atoms with van der Waals surface area (Å²) in [6, 6.07) is 13.1. The topological polar surface area (TPSA) is 9.23 Å². The Morgan fingerprint density at radius 1 is 1.00 bits per heavy atom. The second-order valence-corrected chi connectivity index (χ2v) is 5.24. The highest BCUT2D eigenvalue weighted by molar-refractivity contribution is 5.84. The summed E-state index contributed by atoms with van der Waals surface area (Å²) in [5, 5.41) is 2.58. The zero-order valence-electron chi connectivity index (χ0n) is 10.4. The van der Waals surface area contributed by atoms with E-state index in [1.54, 1.807) is 0 Å². The first-order valence-corrected chi connectivity index (χ1v) is 6.43. The maximum Gasteiger partial charge on any atom is 0.120 e. The molecule has 2 aromatic carbocycles. The number of fused-ring (bicyclic) bond motifs is 1. The Hall–Kier alpha value is -1.50. The van der Waals surface area contributed by atoms with E-state index in [4.69, 9.17) is 4.74 Å². The van der Waals surface area contributed by atoms with Crippen LogP contribution in [0.2, 0.25) is 0 Å². The standard InChI is InChI=1S/C16H18O/c1-11(2)12-3-4-14-10-16(17-15-7-8-15)6-5-13(14)9-12/h3-6,9-11,15H,7-8H2,1-2H3. The van der Waals surface area contributed by atoms with Crippen molar-refractivity contribution in [1.29, 1.82) is 0 Å². The molecule has 1 nitrogen and oxygen atoms in total. The molecule has 0 heterocycles. The highest BCUT2D eigenvalue weighted by atomic mass is 16.5. The lowest BCUT2D eigenvalue weighted by Crippen LogP contribution is -1.95. The summed E-state index contributed by atoms with van der Waals surface area (Å²) in [7, 11) is 0. The summed E-state index contributed by atoms with van der Waals surface area (Å²) in [6.07, 6.45) is 2.90. The van der Waals surface area contributed by atoms with Gasteiger partial charge in [0.2, 0.25) is 0 Å². The second kappa shape index (κ2) is 4.06. The van der Waals surface area contributed by atoms with Crippen LogP contribution in [-0.2, 0) is 0 Å². The molecule has 1 fully saturated rings. The molecule has 0 N–H and O–H groups in total. The molecule has 0 amide bonds. The van der Waals surface area contributed by atoms with Gasteiger partial charge in [0, 0.05) is 0 Å². The van der Waals surface area contributed by atoms with Crippen LogP contribution in [0.25, 0.3) is 10.8 Å². The maximum atomic E-state index is 5.81. The Balaban J connectivity index is 1.96. The molecule has 0 spiro atoms. The smallest absolute Gasteiger partial charge is 0.120 e. The third-order valence-electron chi connectivity index (χ3n) is 3.33. The first-order chi connectivity index (χ1) is 8.22. The Morgan fingerprint density at radius 2 is 1.71 bits per heavy atom. The van der Waals surface area contributed by atoms with E-state index in [0.29, 0.717) is 12.0 Å². The molecule has 0 saturated heterocycles. The van der Waals surface area contributed by atoms with Crippen molar-refractivity contribution in [2.24, 2.45) is 0 Å². The van der Waals surface area contributed by atoms with Crippen molar-refractivity contribution in [3.05, 3.63) is 42.0 Å². The lowest BCUT2D eigenvalue weighted by molar-refractivity contribution is 0.303. The molecule has 0 aliphatic heterocycles. The van der Waals surface area contributed by atoms with Gasteiger partial charge in [-0.25, -0.2) is 0 Å². The van der Waals surface area contributed by atoms with E-state index in [1.807, 2.05) is 0 Å². The number of hydrogen-bond acceptors (Lipinski definition) is 1. The summed E-state index contributed by atoms with van der Waals surface area (Å²) in [5.41, 5.74) is 1.40. The van der Waals surface area contributed by atoms with Gasteiger partial charge in [0.25, 0.3) is 0 Å². The van der Waals surface area contributed by atoms with Crippen LogP contribution in [-0.4, -0.2) is 6.10 Å². The molecule has 1 aliphatic rings. The third-order valence-corrected chi connectivity index (χ3v) is 3.33.